The molecule has 0 bridgehead atoms. The van der Waals surface area contributed by atoms with Gasteiger partial charge in [-0.25, -0.2) is 14.6 Å². The number of hydrogen-bond donors (Lipinski definition) is 1. The smallest absolute Gasteiger partial charge is 0.419 e. The van der Waals surface area contributed by atoms with Crippen LogP contribution in [0.1, 0.15) is 33.5 Å². The second kappa shape index (κ2) is 8.91. The zero-order valence-corrected chi connectivity index (χ0v) is 17.4. The van der Waals surface area contributed by atoms with Crippen LogP contribution in [0.4, 0.5) is 5.69 Å². The van der Waals surface area contributed by atoms with Crippen LogP contribution in [0.3, 0.4) is 0 Å². The number of esters is 1. The molecule has 9 nitrogen and oxygen atoms in total. The molecule has 0 aliphatic rings. The molecule has 0 atom stereocenters. The molecule has 0 aliphatic heterocycles. The Hall–Kier alpha value is -3.46. The predicted octanol–water partition coefficient (Wildman–Crippen LogP) is 2.29. The van der Waals surface area contributed by atoms with Crippen molar-refractivity contribution in [3.8, 4) is 0 Å². The van der Waals surface area contributed by atoms with E-state index in [1.54, 1.807) is 32.0 Å². The highest BCUT2D eigenvalue weighted by molar-refractivity contribution is 6.04. The van der Waals surface area contributed by atoms with E-state index in [0.717, 1.165) is 0 Å². The normalized spacial score (nSPS) is 11.1. The van der Waals surface area contributed by atoms with Crippen LogP contribution in [0, 0.1) is 6.92 Å². The summed E-state index contributed by atoms with van der Waals surface area (Å²) in [6.07, 6.45) is 0. The summed E-state index contributed by atoms with van der Waals surface area (Å²) in [6, 6.07) is 7.97. The average Bonchev–Trinajstić information content (AvgIpc) is 3.00. The number of anilines is 1. The first-order valence-electron chi connectivity index (χ1n) is 9.54. The van der Waals surface area contributed by atoms with Crippen LogP contribution in [-0.4, -0.2) is 53.6 Å². The molecular weight excluding hydrogens is 388 g/mol. The van der Waals surface area contributed by atoms with E-state index in [-0.39, 0.29) is 12.3 Å². The maximum Gasteiger partial charge on any atom is 0.419 e. The van der Waals surface area contributed by atoms with Crippen molar-refractivity contribution in [1.82, 2.24) is 14.5 Å². The monoisotopic (exact) mass is 412 g/mol. The van der Waals surface area contributed by atoms with Gasteiger partial charge in [-0.05, 0) is 58.3 Å². The summed E-state index contributed by atoms with van der Waals surface area (Å²) in [5, 5.41) is 2.77. The number of fused-ring (bicyclic) bond motifs is 1. The van der Waals surface area contributed by atoms with Crippen molar-refractivity contribution in [2.75, 3.05) is 32.6 Å². The fourth-order valence-corrected chi connectivity index (χ4v) is 2.96. The van der Waals surface area contributed by atoms with Gasteiger partial charge in [0.25, 0.3) is 5.91 Å². The number of hydrogen-bond acceptors (Lipinski definition) is 7. The number of carbonyl (C=O) groups is 2. The Bertz CT molecular complexity index is 1150. The zero-order valence-electron chi connectivity index (χ0n) is 17.4. The molecule has 0 radical (unpaired) electrons. The van der Waals surface area contributed by atoms with Crippen LogP contribution in [0.15, 0.2) is 39.5 Å². The van der Waals surface area contributed by atoms with Crippen LogP contribution >= 0.6 is 0 Å². The molecule has 30 heavy (non-hydrogen) atoms. The Morgan fingerprint density at radius 3 is 2.67 bits per heavy atom. The van der Waals surface area contributed by atoms with Crippen molar-refractivity contribution in [3.63, 3.8) is 0 Å². The number of pyridine rings is 1. The molecule has 1 N–H and O–H groups in total. The number of oxazole rings is 1. The van der Waals surface area contributed by atoms with Crippen molar-refractivity contribution in [1.29, 1.82) is 0 Å². The SMILES string of the molecule is CCOC(=O)c1ccc(C(=O)Nc2ccc3oc(=O)n(CCN(C)C)c3c2)nc1C. The molecule has 158 valence electrons. The molecule has 0 saturated carbocycles. The van der Waals surface area contributed by atoms with E-state index in [0.29, 0.717) is 41.1 Å². The van der Waals surface area contributed by atoms with E-state index >= 15 is 0 Å². The molecule has 2 heterocycles. The number of benzene rings is 1. The Balaban J connectivity index is 1.82. The molecule has 2 aromatic heterocycles. The van der Waals surface area contributed by atoms with Gasteiger partial charge in [-0.15, -0.1) is 0 Å². The third-order valence-electron chi connectivity index (χ3n) is 4.51. The van der Waals surface area contributed by atoms with Crippen LogP contribution in [0.25, 0.3) is 11.1 Å². The van der Waals surface area contributed by atoms with Crippen molar-refractivity contribution in [2.45, 2.75) is 20.4 Å². The summed E-state index contributed by atoms with van der Waals surface area (Å²) in [5.41, 5.74) is 2.44. The molecule has 3 rings (SSSR count). The lowest BCUT2D eigenvalue weighted by atomic mass is 10.2. The highest BCUT2D eigenvalue weighted by atomic mass is 16.5. The number of aromatic nitrogens is 2. The Labute approximate surface area is 173 Å². The van der Waals surface area contributed by atoms with Crippen LogP contribution in [0.5, 0.6) is 0 Å². The van der Waals surface area contributed by atoms with E-state index < -0.39 is 17.6 Å². The van der Waals surface area contributed by atoms with Crippen molar-refractivity contribution >= 4 is 28.7 Å². The maximum absolute atomic E-state index is 12.6. The van der Waals surface area contributed by atoms with E-state index in [1.807, 2.05) is 19.0 Å². The van der Waals surface area contributed by atoms with Gasteiger partial charge in [0, 0.05) is 18.8 Å². The molecule has 0 spiro atoms. The molecule has 1 amide bonds. The highest BCUT2D eigenvalue weighted by Gasteiger charge is 2.16. The number of carbonyl (C=O) groups excluding carboxylic acids is 2. The first-order chi connectivity index (χ1) is 14.3. The third-order valence-corrected chi connectivity index (χ3v) is 4.51. The third kappa shape index (κ3) is 4.57. The fraction of sp³-hybridized carbons (Fsp3) is 0.333. The standard InChI is InChI=1S/C21H24N4O5/c1-5-29-20(27)15-7-8-16(22-13(15)2)19(26)23-14-6-9-18-17(12-14)25(21(28)30-18)11-10-24(3)4/h6-9,12H,5,10-11H2,1-4H3,(H,23,26). The zero-order chi connectivity index (χ0) is 21.8. The summed E-state index contributed by atoms with van der Waals surface area (Å²) in [6.45, 7) is 4.76. The summed E-state index contributed by atoms with van der Waals surface area (Å²) in [7, 11) is 3.84. The molecule has 0 fully saturated rings. The second-order valence-electron chi connectivity index (χ2n) is 7.01. The van der Waals surface area contributed by atoms with Crippen LogP contribution in [-0.2, 0) is 11.3 Å². The lowest BCUT2D eigenvalue weighted by Gasteiger charge is -2.10. The quantitative estimate of drug-likeness (QED) is 0.593. The van der Waals surface area contributed by atoms with E-state index in [9.17, 15) is 14.4 Å². The first kappa shape index (κ1) is 21.3. The van der Waals surface area contributed by atoms with Crippen LogP contribution in [0.2, 0.25) is 0 Å². The van der Waals surface area contributed by atoms with Gasteiger partial charge in [0.05, 0.1) is 23.4 Å². The van der Waals surface area contributed by atoms with Gasteiger partial charge in [-0.2, -0.15) is 0 Å². The van der Waals surface area contributed by atoms with E-state index in [1.165, 1.54) is 16.7 Å². The van der Waals surface area contributed by atoms with E-state index in [2.05, 4.69) is 10.3 Å². The molecule has 9 heteroatoms. The predicted molar refractivity (Wildman–Crippen MR) is 112 cm³/mol. The summed E-state index contributed by atoms with van der Waals surface area (Å²) < 4.78 is 11.8. The number of nitrogens with one attached hydrogen (secondary N) is 1. The largest absolute Gasteiger partial charge is 0.462 e. The maximum atomic E-state index is 12.6. The Morgan fingerprint density at radius 2 is 2.00 bits per heavy atom. The van der Waals surface area contributed by atoms with Gasteiger partial charge < -0.3 is 19.4 Å². The van der Waals surface area contributed by atoms with Gasteiger partial charge in [0.15, 0.2) is 5.58 Å². The Morgan fingerprint density at radius 1 is 1.23 bits per heavy atom. The van der Waals surface area contributed by atoms with Crippen molar-refractivity contribution < 1.29 is 18.7 Å². The summed E-state index contributed by atoms with van der Waals surface area (Å²) >= 11 is 0. The lowest BCUT2D eigenvalue weighted by molar-refractivity contribution is 0.0524. The van der Waals surface area contributed by atoms with E-state index in [4.69, 9.17) is 9.15 Å². The number of amides is 1. The van der Waals surface area contributed by atoms with Gasteiger partial charge in [-0.1, -0.05) is 0 Å². The number of aryl methyl sites for hydroxylation is 1. The summed E-state index contributed by atoms with van der Waals surface area (Å²) in [5.74, 6) is -1.35. The first-order valence-corrected chi connectivity index (χ1v) is 9.54. The molecule has 3 aromatic rings. The molecule has 1 aromatic carbocycles. The highest BCUT2D eigenvalue weighted by Crippen LogP contribution is 2.19. The van der Waals surface area contributed by atoms with Gasteiger partial charge in [-0.3, -0.25) is 9.36 Å². The number of ether oxygens (including phenoxy) is 1. The van der Waals surface area contributed by atoms with Crippen LogP contribution < -0.4 is 11.1 Å². The molecule has 0 unspecified atom stereocenters. The minimum Gasteiger partial charge on any atom is -0.462 e. The average molecular weight is 412 g/mol. The minimum absolute atomic E-state index is 0.165. The Kier molecular flexibility index (Phi) is 6.31. The molecule has 0 saturated heterocycles. The number of nitrogens with zero attached hydrogens (tertiary/aromatic N) is 3. The van der Waals surface area contributed by atoms with Gasteiger partial charge in [0.1, 0.15) is 5.69 Å². The van der Waals surface area contributed by atoms with Crippen molar-refractivity contribution in [2.24, 2.45) is 0 Å². The lowest BCUT2D eigenvalue weighted by Crippen LogP contribution is -2.23. The topological polar surface area (TPSA) is 107 Å². The minimum atomic E-state index is -0.476. The molecular formula is C21H24N4O5. The summed E-state index contributed by atoms with van der Waals surface area (Å²) in [4.78, 5) is 42.8. The second-order valence-corrected chi connectivity index (χ2v) is 7.01. The van der Waals surface area contributed by atoms with Gasteiger partial charge in [0.2, 0.25) is 0 Å². The number of likely N-dealkylation sites (N-methyl/N-ethyl adjacent to an activating group) is 1. The van der Waals surface area contributed by atoms with Crippen molar-refractivity contribution in [3.05, 3.63) is 57.8 Å². The van der Waals surface area contributed by atoms with Gasteiger partial charge >= 0.3 is 11.7 Å². The fourth-order valence-electron chi connectivity index (χ4n) is 2.96. The molecule has 0 aliphatic carbocycles. The number of rotatable bonds is 7.